The van der Waals surface area contributed by atoms with E-state index in [0.717, 1.165) is 5.65 Å². The number of nitrogens with one attached hydrogen (secondary N) is 1. The number of imidazole rings is 1. The predicted molar refractivity (Wildman–Crippen MR) is 75.5 cm³/mol. The van der Waals surface area contributed by atoms with Crippen LogP contribution in [0, 0.1) is 0 Å². The molecule has 2 aromatic heterocycles. The maximum absolute atomic E-state index is 12.1. The molecule has 6 heteroatoms. The normalized spacial score (nSPS) is 18.4. The van der Waals surface area contributed by atoms with E-state index in [1.807, 2.05) is 47.5 Å². The molecule has 0 saturated carbocycles. The minimum atomic E-state index is -0.680. The van der Waals surface area contributed by atoms with Gasteiger partial charge < -0.3 is 15.3 Å². The van der Waals surface area contributed by atoms with Crippen molar-refractivity contribution < 1.29 is 9.90 Å². The number of hydrogen-bond acceptors (Lipinski definition) is 4. The van der Waals surface area contributed by atoms with Gasteiger partial charge in [0.15, 0.2) is 5.82 Å². The summed E-state index contributed by atoms with van der Waals surface area (Å²) in [6.45, 7) is 4.88. The number of pyridine rings is 1. The first-order valence-corrected chi connectivity index (χ1v) is 6.68. The largest absolute Gasteiger partial charge is 0.390 e. The standard InChI is InChI=1S/C14H18N4O2/c1-14(2)13(20)15-6-8-18(14)12-10(9-19)17-7-4-3-5-11(17)16-12/h3-5,7,19H,6,8-9H2,1-2H3,(H,15,20). The number of fused-ring (bicyclic) bond motifs is 1. The van der Waals surface area contributed by atoms with Crippen LogP contribution in [0.2, 0.25) is 0 Å². The molecule has 3 heterocycles. The number of aliphatic hydroxyl groups is 1. The van der Waals surface area contributed by atoms with Gasteiger partial charge in [-0.15, -0.1) is 0 Å². The summed E-state index contributed by atoms with van der Waals surface area (Å²) in [5.74, 6) is 0.656. The lowest BCUT2D eigenvalue weighted by Gasteiger charge is -2.41. The third-order valence-corrected chi connectivity index (χ3v) is 3.86. The topological polar surface area (TPSA) is 69.9 Å². The second-order valence-corrected chi connectivity index (χ2v) is 5.44. The van der Waals surface area contributed by atoms with E-state index < -0.39 is 5.54 Å². The van der Waals surface area contributed by atoms with E-state index in [2.05, 4.69) is 10.3 Å². The van der Waals surface area contributed by atoms with Crippen molar-refractivity contribution in [2.24, 2.45) is 0 Å². The van der Waals surface area contributed by atoms with Gasteiger partial charge in [-0.25, -0.2) is 4.98 Å². The molecule has 3 rings (SSSR count). The minimum absolute atomic E-state index is 0.0234. The van der Waals surface area contributed by atoms with Gasteiger partial charge in [-0.3, -0.25) is 9.20 Å². The third kappa shape index (κ3) is 1.76. The predicted octanol–water partition coefficient (Wildman–Crippen LogP) is 0.541. The zero-order chi connectivity index (χ0) is 14.3. The Balaban J connectivity index is 2.16. The molecular weight excluding hydrogens is 256 g/mol. The SMILES string of the molecule is CC1(C)C(=O)NCCN1c1nc2ccccn2c1CO. The van der Waals surface area contributed by atoms with Crippen LogP contribution in [-0.4, -0.2) is 39.0 Å². The quantitative estimate of drug-likeness (QED) is 0.838. The molecule has 0 atom stereocenters. The van der Waals surface area contributed by atoms with Crippen LogP contribution in [0.15, 0.2) is 24.4 Å². The summed E-state index contributed by atoms with van der Waals surface area (Å²) in [6.07, 6.45) is 1.87. The number of aromatic nitrogens is 2. The Kier molecular flexibility index (Phi) is 2.90. The fourth-order valence-corrected chi connectivity index (χ4v) is 2.67. The van der Waals surface area contributed by atoms with Crippen molar-refractivity contribution >= 4 is 17.4 Å². The number of carbonyl (C=O) groups is 1. The van der Waals surface area contributed by atoms with E-state index in [1.54, 1.807) is 0 Å². The molecule has 1 aliphatic rings. The fourth-order valence-electron chi connectivity index (χ4n) is 2.67. The van der Waals surface area contributed by atoms with Crippen molar-refractivity contribution in [3.63, 3.8) is 0 Å². The van der Waals surface area contributed by atoms with Crippen molar-refractivity contribution in [3.05, 3.63) is 30.1 Å². The zero-order valence-corrected chi connectivity index (χ0v) is 11.6. The molecule has 1 saturated heterocycles. The summed E-state index contributed by atoms with van der Waals surface area (Å²) in [5.41, 5.74) is 0.803. The van der Waals surface area contributed by atoms with Gasteiger partial charge in [-0.2, -0.15) is 0 Å². The molecule has 0 aliphatic carbocycles. The molecule has 6 nitrogen and oxygen atoms in total. The smallest absolute Gasteiger partial charge is 0.245 e. The van der Waals surface area contributed by atoms with Gasteiger partial charge in [0.1, 0.15) is 11.2 Å². The Morgan fingerprint density at radius 2 is 2.25 bits per heavy atom. The Bertz CT molecular complexity index is 662. The highest BCUT2D eigenvalue weighted by atomic mass is 16.3. The van der Waals surface area contributed by atoms with Crippen molar-refractivity contribution in [1.29, 1.82) is 0 Å². The fraction of sp³-hybridized carbons (Fsp3) is 0.429. The first-order valence-electron chi connectivity index (χ1n) is 6.68. The molecule has 1 amide bonds. The van der Waals surface area contributed by atoms with E-state index in [0.29, 0.717) is 24.6 Å². The van der Waals surface area contributed by atoms with E-state index in [-0.39, 0.29) is 12.5 Å². The molecule has 0 unspecified atom stereocenters. The second kappa shape index (κ2) is 4.49. The van der Waals surface area contributed by atoms with Crippen LogP contribution in [0.4, 0.5) is 5.82 Å². The van der Waals surface area contributed by atoms with Gasteiger partial charge in [0.2, 0.25) is 5.91 Å². The minimum Gasteiger partial charge on any atom is -0.390 e. The highest BCUT2D eigenvalue weighted by Gasteiger charge is 2.39. The monoisotopic (exact) mass is 274 g/mol. The molecule has 0 spiro atoms. The molecule has 1 fully saturated rings. The summed E-state index contributed by atoms with van der Waals surface area (Å²) in [7, 11) is 0. The average Bonchev–Trinajstić information content (AvgIpc) is 2.79. The first-order chi connectivity index (χ1) is 9.55. The van der Waals surface area contributed by atoms with E-state index in [9.17, 15) is 9.90 Å². The molecule has 2 aromatic rings. The first kappa shape index (κ1) is 12.9. The van der Waals surface area contributed by atoms with Crippen LogP contribution in [-0.2, 0) is 11.4 Å². The van der Waals surface area contributed by atoms with E-state index in [1.165, 1.54) is 0 Å². The Morgan fingerprint density at radius 1 is 1.45 bits per heavy atom. The number of rotatable bonds is 2. The van der Waals surface area contributed by atoms with E-state index >= 15 is 0 Å². The summed E-state index contributed by atoms with van der Waals surface area (Å²) in [5, 5.41) is 12.5. The van der Waals surface area contributed by atoms with Crippen molar-refractivity contribution in [2.75, 3.05) is 18.0 Å². The Morgan fingerprint density at radius 3 is 3.00 bits per heavy atom. The number of aliphatic hydroxyl groups excluding tert-OH is 1. The number of amides is 1. The van der Waals surface area contributed by atoms with Gasteiger partial charge in [0, 0.05) is 19.3 Å². The van der Waals surface area contributed by atoms with Crippen LogP contribution in [0.5, 0.6) is 0 Å². The molecule has 0 radical (unpaired) electrons. The average molecular weight is 274 g/mol. The van der Waals surface area contributed by atoms with Crippen LogP contribution >= 0.6 is 0 Å². The number of anilines is 1. The number of nitrogens with zero attached hydrogens (tertiary/aromatic N) is 3. The molecule has 1 aliphatic heterocycles. The van der Waals surface area contributed by atoms with Gasteiger partial charge in [-0.05, 0) is 26.0 Å². The van der Waals surface area contributed by atoms with Gasteiger partial charge >= 0.3 is 0 Å². The number of piperazine rings is 1. The maximum atomic E-state index is 12.1. The molecule has 106 valence electrons. The van der Waals surface area contributed by atoms with E-state index in [4.69, 9.17) is 0 Å². The second-order valence-electron chi connectivity index (χ2n) is 5.44. The zero-order valence-electron chi connectivity index (χ0n) is 11.6. The van der Waals surface area contributed by atoms with Gasteiger partial charge in [0.05, 0.1) is 12.3 Å². The molecule has 2 N–H and O–H groups in total. The van der Waals surface area contributed by atoms with Crippen LogP contribution in [0.25, 0.3) is 5.65 Å². The Labute approximate surface area is 117 Å². The lowest BCUT2D eigenvalue weighted by Crippen LogP contribution is -2.62. The Hall–Kier alpha value is -2.08. The van der Waals surface area contributed by atoms with Crippen LogP contribution in [0.3, 0.4) is 0 Å². The number of hydrogen-bond donors (Lipinski definition) is 2. The lowest BCUT2D eigenvalue weighted by atomic mass is 9.99. The van der Waals surface area contributed by atoms with Crippen molar-refractivity contribution in [3.8, 4) is 0 Å². The molecule has 0 bridgehead atoms. The van der Waals surface area contributed by atoms with Crippen LogP contribution < -0.4 is 10.2 Å². The molecular formula is C14H18N4O2. The molecule has 20 heavy (non-hydrogen) atoms. The molecule has 0 aromatic carbocycles. The summed E-state index contributed by atoms with van der Waals surface area (Å²) >= 11 is 0. The maximum Gasteiger partial charge on any atom is 0.245 e. The number of carbonyl (C=O) groups excluding carboxylic acids is 1. The van der Waals surface area contributed by atoms with Crippen molar-refractivity contribution in [1.82, 2.24) is 14.7 Å². The summed E-state index contributed by atoms with van der Waals surface area (Å²) < 4.78 is 1.86. The van der Waals surface area contributed by atoms with Crippen molar-refractivity contribution in [2.45, 2.75) is 26.0 Å². The third-order valence-electron chi connectivity index (χ3n) is 3.86. The lowest BCUT2D eigenvalue weighted by molar-refractivity contribution is -0.126. The van der Waals surface area contributed by atoms with Gasteiger partial charge in [-0.1, -0.05) is 6.07 Å². The summed E-state index contributed by atoms with van der Waals surface area (Å²) in [4.78, 5) is 18.6. The van der Waals surface area contributed by atoms with Gasteiger partial charge in [0.25, 0.3) is 0 Å². The van der Waals surface area contributed by atoms with Crippen LogP contribution in [0.1, 0.15) is 19.5 Å². The highest BCUT2D eigenvalue weighted by molar-refractivity contribution is 5.90. The summed E-state index contributed by atoms with van der Waals surface area (Å²) in [6, 6.07) is 5.69. The highest BCUT2D eigenvalue weighted by Crippen LogP contribution is 2.29.